The molecule has 0 amide bonds. The molecule has 2 rings (SSSR count). The number of anilines is 1. The standard InChI is InChI=1S/C11H17N7OS/c1-3-4-18-10(19)16-17-11(18)20-6-9-13-7(2)5-8(14-9)15-12/h5H,3-4,6,12H2,1-2H3,(H,16,19)(H,13,14,15). The molecular weight excluding hydrogens is 278 g/mol. The van der Waals surface area contributed by atoms with Crippen LogP contribution in [0.1, 0.15) is 24.9 Å². The van der Waals surface area contributed by atoms with E-state index in [1.165, 1.54) is 11.8 Å². The molecular formula is C11H17N7OS. The van der Waals surface area contributed by atoms with E-state index in [-0.39, 0.29) is 5.69 Å². The number of thioether (sulfide) groups is 1. The quantitative estimate of drug-likeness (QED) is 0.407. The van der Waals surface area contributed by atoms with Crippen LogP contribution in [0.3, 0.4) is 0 Å². The monoisotopic (exact) mass is 295 g/mol. The molecule has 4 N–H and O–H groups in total. The summed E-state index contributed by atoms with van der Waals surface area (Å²) in [5.41, 5.74) is 3.14. The predicted molar refractivity (Wildman–Crippen MR) is 77.3 cm³/mol. The Bertz CT molecular complexity index is 636. The normalized spacial score (nSPS) is 10.8. The number of aromatic amines is 1. The van der Waals surface area contributed by atoms with Crippen LogP contribution in [-0.4, -0.2) is 24.7 Å². The zero-order valence-corrected chi connectivity index (χ0v) is 12.2. The lowest BCUT2D eigenvalue weighted by Gasteiger charge is -2.05. The largest absolute Gasteiger partial charge is 0.343 e. The van der Waals surface area contributed by atoms with Crippen LogP contribution in [0, 0.1) is 6.92 Å². The molecule has 108 valence electrons. The molecule has 8 nitrogen and oxygen atoms in total. The molecule has 0 radical (unpaired) electrons. The van der Waals surface area contributed by atoms with Crippen LogP contribution in [0.25, 0.3) is 0 Å². The highest BCUT2D eigenvalue weighted by atomic mass is 32.2. The summed E-state index contributed by atoms with van der Waals surface area (Å²) in [6.07, 6.45) is 0.870. The third-order valence-electron chi connectivity index (χ3n) is 2.55. The Morgan fingerprint density at radius 3 is 3.00 bits per heavy atom. The maximum Gasteiger partial charge on any atom is 0.343 e. The summed E-state index contributed by atoms with van der Waals surface area (Å²) in [6.45, 7) is 4.52. The smallest absolute Gasteiger partial charge is 0.308 e. The molecule has 0 fully saturated rings. The van der Waals surface area contributed by atoms with Gasteiger partial charge in [-0.2, -0.15) is 0 Å². The van der Waals surface area contributed by atoms with Crippen molar-refractivity contribution in [2.75, 3.05) is 5.43 Å². The first kappa shape index (κ1) is 14.5. The van der Waals surface area contributed by atoms with E-state index in [9.17, 15) is 4.79 Å². The van der Waals surface area contributed by atoms with Crippen molar-refractivity contribution < 1.29 is 0 Å². The Kier molecular flexibility index (Phi) is 4.74. The molecule has 0 aliphatic rings. The Morgan fingerprint density at radius 1 is 1.50 bits per heavy atom. The minimum absolute atomic E-state index is 0.191. The summed E-state index contributed by atoms with van der Waals surface area (Å²) >= 11 is 1.42. The number of hydrazine groups is 1. The summed E-state index contributed by atoms with van der Waals surface area (Å²) in [6, 6.07) is 1.76. The first-order valence-corrected chi connectivity index (χ1v) is 7.21. The van der Waals surface area contributed by atoms with Crippen LogP contribution in [0.2, 0.25) is 0 Å². The minimum atomic E-state index is -0.191. The van der Waals surface area contributed by atoms with Crippen molar-refractivity contribution >= 4 is 17.6 Å². The zero-order chi connectivity index (χ0) is 14.5. The SMILES string of the molecule is CCCn1c(SCc2nc(C)cc(NN)n2)n[nH]c1=O. The van der Waals surface area contributed by atoms with Crippen LogP contribution in [-0.2, 0) is 12.3 Å². The Hall–Kier alpha value is -1.87. The lowest BCUT2D eigenvalue weighted by molar-refractivity contribution is 0.603. The third-order valence-corrected chi connectivity index (χ3v) is 3.52. The van der Waals surface area contributed by atoms with Gasteiger partial charge < -0.3 is 5.43 Å². The maximum absolute atomic E-state index is 11.6. The van der Waals surface area contributed by atoms with Crippen molar-refractivity contribution in [3.8, 4) is 0 Å². The number of rotatable bonds is 6. The van der Waals surface area contributed by atoms with Crippen LogP contribution in [0.4, 0.5) is 5.82 Å². The predicted octanol–water partition coefficient (Wildman–Crippen LogP) is 0.658. The topological polar surface area (TPSA) is 115 Å². The van der Waals surface area contributed by atoms with Gasteiger partial charge in [-0.3, -0.25) is 4.57 Å². The zero-order valence-electron chi connectivity index (χ0n) is 11.4. The van der Waals surface area contributed by atoms with E-state index < -0.39 is 0 Å². The van der Waals surface area contributed by atoms with E-state index in [0.29, 0.717) is 29.1 Å². The van der Waals surface area contributed by atoms with E-state index in [1.807, 2.05) is 13.8 Å². The number of nitrogens with one attached hydrogen (secondary N) is 2. The summed E-state index contributed by atoms with van der Waals surface area (Å²) in [7, 11) is 0. The van der Waals surface area contributed by atoms with Crippen LogP contribution in [0.15, 0.2) is 16.0 Å². The molecule has 2 heterocycles. The van der Waals surface area contributed by atoms with Gasteiger partial charge in [0.25, 0.3) is 0 Å². The Balaban J connectivity index is 2.12. The van der Waals surface area contributed by atoms with Gasteiger partial charge in [-0.25, -0.2) is 25.7 Å². The fourth-order valence-corrected chi connectivity index (χ4v) is 2.56. The highest BCUT2D eigenvalue weighted by molar-refractivity contribution is 7.98. The maximum atomic E-state index is 11.6. The summed E-state index contributed by atoms with van der Waals surface area (Å²) in [5, 5.41) is 7.11. The van der Waals surface area contributed by atoms with E-state index in [1.54, 1.807) is 10.6 Å². The lowest BCUT2D eigenvalue weighted by atomic mass is 10.4. The molecule has 0 aliphatic heterocycles. The second kappa shape index (κ2) is 6.53. The van der Waals surface area contributed by atoms with Crippen LogP contribution in [0.5, 0.6) is 0 Å². The molecule has 0 bridgehead atoms. The summed E-state index contributed by atoms with van der Waals surface area (Å²) in [4.78, 5) is 20.2. The van der Waals surface area contributed by atoms with Gasteiger partial charge in [0.05, 0.1) is 5.75 Å². The average Bonchev–Trinajstić information content (AvgIpc) is 2.77. The molecule has 0 spiro atoms. The highest BCUT2D eigenvalue weighted by Gasteiger charge is 2.10. The van der Waals surface area contributed by atoms with Gasteiger partial charge in [-0.1, -0.05) is 18.7 Å². The van der Waals surface area contributed by atoms with Crippen molar-refractivity contribution in [1.29, 1.82) is 0 Å². The van der Waals surface area contributed by atoms with Crippen molar-refractivity contribution in [3.63, 3.8) is 0 Å². The number of hydrogen-bond acceptors (Lipinski definition) is 7. The number of nitrogens with two attached hydrogens (primary N) is 1. The number of aromatic nitrogens is 5. The molecule has 0 unspecified atom stereocenters. The van der Waals surface area contributed by atoms with Gasteiger partial charge in [0, 0.05) is 18.3 Å². The second-order valence-electron chi connectivity index (χ2n) is 4.21. The fraction of sp³-hybridized carbons (Fsp3) is 0.455. The lowest BCUT2D eigenvalue weighted by Crippen LogP contribution is -2.17. The second-order valence-corrected chi connectivity index (χ2v) is 5.15. The number of nitrogens with zero attached hydrogens (tertiary/aromatic N) is 4. The van der Waals surface area contributed by atoms with E-state index in [4.69, 9.17) is 5.84 Å². The van der Waals surface area contributed by atoms with Crippen molar-refractivity contribution in [2.45, 2.75) is 37.7 Å². The van der Waals surface area contributed by atoms with Gasteiger partial charge in [0.15, 0.2) is 5.16 Å². The molecule has 0 atom stereocenters. The molecule has 0 aliphatic carbocycles. The Morgan fingerprint density at radius 2 is 2.30 bits per heavy atom. The number of nitrogen functional groups attached to an aromatic ring is 1. The van der Waals surface area contributed by atoms with E-state index in [2.05, 4.69) is 25.6 Å². The van der Waals surface area contributed by atoms with Gasteiger partial charge in [0.2, 0.25) is 0 Å². The van der Waals surface area contributed by atoms with E-state index >= 15 is 0 Å². The number of aryl methyl sites for hydroxylation is 1. The van der Waals surface area contributed by atoms with Crippen molar-refractivity contribution in [1.82, 2.24) is 24.7 Å². The van der Waals surface area contributed by atoms with Crippen molar-refractivity contribution in [2.24, 2.45) is 5.84 Å². The van der Waals surface area contributed by atoms with Crippen LogP contribution < -0.4 is 17.0 Å². The average molecular weight is 295 g/mol. The molecule has 2 aromatic rings. The first-order valence-electron chi connectivity index (χ1n) is 6.23. The number of hydrogen-bond donors (Lipinski definition) is 3. The third kappa shape index (κ3) is 3.36. The van der Waals surface area contributed by atoms with Gasteiger partial charge >= 0.3 is 5.69 Å². The molecule has 2 aromatic heterocycles. The molecule has 0 saturated carbocycles. The molecule has 0 aromatic carbocycles. The summed E-state index contributed by atoms with van der Waals surface area (Å²) < 4.78 is 1.61. The van der Waals surface area contributed by atoms with Crippen molar-refractivity contribution in [3.05, 3.63) is 28.1 Å². The van der Waals surface area contributed by atoms with E-state index in [0.717, 1.165) is 12.1 Å². The molecule has 0 saturated heterocycles. The fourth-order valence-electron chi connectivity index (χ4n) is 1.73. The first-order chi connectivity index (χ1) is 9.63. The number of H-pyrrole nitrogens is 1. The highest BCUT2D eigenvalue weighted by Crippen LogP contribution is 2.18. The van der Waals surface area contributed by atoms with Crippen LogP contribution >= 0.6 is 11.8 Å². The van der Waals surface area contributed by atoms with Gasteiger partial charge in [-0.15, -0.1) is 5.10 Å². The minimum Gasteiger partial charge on any atom is -0.308 e. The van der Waals surface area contributed by atoms with Gasteiger partial charge in [-0.05, 0) is 13.3 Å². The Labute approximate surface area is 120 Å². The molecule has 9 heteroatoms. The van der Waals surface area contributed by atoms with Gasteiger partial charge in [0.1, 0.15) is 11.6 Å². The molecule has 20 heavy (non-hydrogen) atoms. The summed E-state index contributed by atoms with van der Waals surface area (Å²) in [5.74, 6) is 7.08.